The zero-order valence-corrected chi connectivity index (χ0v) is 25.6. The third-order valence-corrected chi connectivity index (χ3v) is 8.83. The molecule has 0 aromatic heterocycles. The van der Waals surface area contributed by atoms with Gasteiger partial charge in [-0.25, -0.2) is 8.42 Å². The zero-order chi connectivity index (χ0) is 30.2. The number of nitrogens with one attached hydrogen (secondary N) is 1. The van der Waals surface area contributed by atoms with Crippen LogP contribution in [0.2, 0.25) is 10.0 Å². The molecule has 0 aliphatic rings. The Morgan fingerprint density at radius 2 is 1.66 bits per heavy atom. The van der Waals surface area contributed by atoms with Gasteiger partial charge in [-0.15, -0.1) is 0 Å². The SMILES string of the molecule is CCCNC(=O)[C@@H](C)N(Cc1ccc(Cl)c(Cl)c1)C(=O)CN(c1cc(OC)ccc1OC)S(=O)(=O)c1ccccc1. The van der Waals surface area contributed by atoms with Crippen molar-refractivity contribution < 1.29 is 27.5 Å². The van der Waals surface area contributed by atoms with Crippen LogP contribution in [-0.4, -0.2) is 58.5 Å². The Hall–Kier alpha value is -3.47. The van der Waals surface area contributed by atoms with Gasteiger partial charge in [0.25, 0.3) is 10.0 Å². The van der Waals surface area contributed by atoms with Crippen molar-refractivity contribution in [1.82, 2.24) is 10.2 Å². The molecule has 3 aromatic rings. The first-order chi connectivity index (χ1) is 19.5. The van der Waals surface area contributed by atoms with Gasteiger partial charge in [0.05, 0.1) is 34.8 Å². The second-order valence-electron chi connectivity index (χ2n) is 9.10. The summed E-state index contributed by atoms with van der Waals surface area (Å²) in [5.41, 5.74) is 0.709. The smallest absolute Gasteiger partial charge is 0.264 e. The molecule has 1 N–H and O–H groups in total. The summed E-state index contributed by atoms with van der Waals surface area (Å²) in [6.45, 7) is 3.27. The maximum atomic E-state index is 14.0. The molecule has 41 heavy (non-hydrogen) atoms. The normalized spacial score (nSPS) is 11.9. The fourth-order valence-electron chi connectivity index (χ4n) is 4.04. The number of hydrogen-bond acceptors (Lipinski definition) is 6. The van der Waals surface area contributed by atoms with Gasteiger partial charge in [0.15, 0.2) is 0 Å². The van der Waals surface area contributed by atoms with Crippen LogP contribution in [0.5, 0.6) is 11.5 Å². The summed E-state index contributed by atoms with van der Waals surface area (Å²) < 4.78 is 39.8. The highest BCUT2D eigenvalue weighted by molar-refractivity contribution is 7.92. The van der Waals surface area contributed by atoms with E-state index in [9.17, 15) is 18.0 Å². The van der Waals surface area contributed by atoms with Crippen LogP contribution in [0, 0.1) is 0 Å². The van der Waals surface area contributed by atoms with Crippen molar-refractivity contribution in [1.29, 1.82) is 0 Å². The topological polar surface area (TPSA) is 105 Å². The molecule has 0 aliphatic heterocycles. The lowest BCUT2D eigenvalue weighted by Crippen LogP contribution is -2.51. The average molecular weight is 623 g/mol. The monoisotopic (exact) mass is 621 g/mol. The number of hydrogen-bond donors (Lipinski definition) is 1. The highest BCUT2D eigenvalue weighted by atomic mass is 35.5. The number of carbonyl (C=O) groups is 2. The summed E-state index contributed by atoms with van der Waals surface area (Å²) in [4.78, 5) is 28.3. The Balaban J connectivity index is 2.11. The molecule has 0 unspecified atom stereocenters. The van der Waals surface area contributed by atoms with Crippen molar-refractivity contribution in [3.8, 4) is 11.5 Å². The van der Waals surface area contributed by atoms with Crippen molar-refractivity contribution >= 4 is 50.7 Å². The van der Waals surface area contributed by atoms with Crippen molar-refractivity contribution in [3.05, 3.63) is 82.3 Å². The Kier molecular flexibility index (Phi) is 11.3. The van der Waals surface area contributed by atoms with Gasteiger partial charge in [0.1, 0.15) is 24.1 Å². The first kappa shape index (κ1) is 32.0. The van der Waals surface area contributed by atoms with Crippen LogP contribution in [0.25, 0.3) is 0 Å². The summed E-state index contributed by atoms with van der Waals surface area (Å²) >= 11 is 12.3. The average Bonchev–Trinajstić information content (AvgIpc) is 2.98. The quantitative estimate of drug-likeness (QED) is 0.283. The van der Waals surface area contributed by atoms with E-state index in [0.717, 1.165) is 4.31 Å². The van der Waals surface area contributed by atoms with Crippen molar-refractivity contribution in [2.45, 2.75) is 37.8 Å². The van der Waals surface area contributed by atoms with E-state index in [4.69, 9.17) is 32.7 Å². The summed E-state index contributed by atoms with van der Waals surface area (Å²) in [5, 5.41) is 3.43. The Morgan fingerprint density at radius 1 is 0.951 bits per heavy atom. The minimum Gasteiger partial charge on any atom is -0.497 e. The van der Waals surface area contributed by atoms with Gasteiger partial charge in [-0.2, -0.15) is 0 Å². The fourth-order valence-corrected chi connectivity index (χ4v) is 5.80. The molecule has 0 bridgehead atoms. The predicted molar refractivity (Wildman–Crippen MR) is 160 cm³/mol. The van der Waals surface area contributed by atoms with E-state index >= 15 is 0 Å². The van der Waals surface area contributed by atoms with Crippen LogP contribution < -0.4 is 19.1 Å². The Morgan fingerprint density at radius 3 is 2.27 bits per heavy atom. The summed E-state index contributed by atoms with van der Waals surface area (Å²) in [6.07, 6.45) is 0.706. The van der Waals surface area contributed by atoms with E-state index < -0.39 is 28.5 Å². The lowest BCUT2D eigenvalue weighted by Gasteiger charge is -2.32. The van der Waals surface area contributed by atoms with Crippen LogP contribution in [0.3, 0.4) is 0 Å². The van der Waals surface area contributed by atoms with E-state index in [1.165, 1.54) is 37.3 Å². The molecule has 3 aromatic carbocycles. The van der Waals surface area contributed by atoms with Crippen molar-refractivity contribution in [2.75, 3.05) is 31.6 Å². The molecule has 0 spiro atoms. The first-order valence-electron chi connectivity index (χ1n) is 12.8. The molecular formula is C29H33Cl2N3O6S. The van der Waals surface area contributed by atoms with Gasteiger partial charge in [-0.1, -0.05) is 54.4 Å². The summed E-state index contributed by atoms with van der Waals surface area (Å²) in [5.74, 6) is -0.430. The molecule has 9 nitrogen and oxygen atoms in total. The van der Waals surface area contributed by atoms with Crippen LogP contribution in [0.4, 0.5) is 5.69 Å². The maximum absolute atomic E-state index is 14.0. The minimum absolute atomic E-state index is 0.0229. The van der Waals surface area contributed by atoms with Gasteiger partial charge < -0.3 is 19.7 Å². The van der Waals surface area contributed by atoms with E-state index in [-0.39, 0.29) is 33.8 Å². The molecule has 220 valence electrons. The van der Waals surface area contributed by atoms with Crippen molar-refractivity contribution in [2.24, 2.45) is 0 Å². The van der Waals surface area contributed by atoms with E-state index in [2.05, 4.69) is 5.32 Å². The Labute approximate surface area is 251 Å². The number of halogens is 2. The highest BCUT2D eigenvalue weighted by Gasteiger charge is 2.34. The standard InChI is InChI=1S/C29H33Cl2N3O6S/c1-5-15-32-29(36)20(2)33(18-21-11-13-24(30)25(31)16-21)28(35)19-34(41(37,38)23-9-7-6-8-10-23)26-17-22(39-3)12-14-27(26)40-4/h6-14,16-17,20H,5,15,18-19H2,1-4H3,(H,32,36)/t20-/m1/s1. The number of ether oxygens (including phenoxy) is 2. The lowest BCUT2D eigenvalue weighted by molar-refractivity contribution is -0.139. The molecular weight excluding hydrogens is 589 g/mol. The van der Waals surface area contributed by atoms with Crippen LogP contribution in [0.1, 0.15) is 25.8 Å². The zero-order valence-electron chi connectivity index (χ0n) is 23.3. The number of sulfonamides is 1. The van der Waals surface area contributed by atoms with Gasteiger partial charge in [0.2, 0.25) is 11.8 Å². The predicted octanol–water partition coefficient (Wildman–Crippen LogP) is 5.15. The lowest BCUT2D eigenvalue weighted by atomic mass is 10.1. The molecule has 1 atom stereocenters. The van der Waals surface area contributed by atoms with Gasteiger partial charge in [-0.05, 0) is 55.3 Å². The Bertz CT molecular complexity index is 1470. The van der Waals surface area contributed by atoms with Gasteiger partial charge in [0, 0.05) is 19.2 Å². The van der Waals surface area contributed by atoms with E-state index in [0.29, 0.717) is 29.3 Å². The second-order valence-corrected chi connectivity index (χ2v) is 11.8. The molecule has 0 saturated heterocycles. The largest absolute Gasteiger partial charge is 0.497 e. The minimum atomic E-state index is -4.27. The molecule has 0 fully saturated rings. The van der Waals surface area contributed by atoms with E-state index in [1.807, 2.05) is 6.92 Å². The fraction of sp³-hybridized carbons (Fsp3) is 0.310. The molecule has 0 heterocycles. The number of nitrogens with zero attached hydrogens (tertiary/aromatic N) is 2. The number of rotatable bonds is 13. The summed E-state index contributed by atoms with van der Waals surface area (Å²) in [6, 6.07) is 16.4. The number of methoxy groups -OCH3 is 2. The number of amides is 2. The molecule has 2 amide bonds. The third-order valence-electron chi connectivity index (χ3n) is 6.32. The van der Waals surface area contributed by atoms with Gasteiger partial charge >= 0.3 is 0 Å². The van der Waals surface area contributed by atoms with E-state index in [1.54, 1.807) is 55.5 Å². The first-order valence-corrected chi connectivity index (χ1v) is 15.0. The summed E-state index contributed by atoms with van der Waals surface area (Å²) in [7, 11) is -1.43. The maximum Gasteiger partial charge on any atom is 0.264 e. The highest BCUT2D eigenvalue weighted by Crippen LogP contribution is 2.36. The van der Waals surface area contributed by atoms with Crippen molar-refractivity contribution in [3.63, 3.8) is 0 Å². The molecule has 0 radical (unpaired) electrons. The number of benzene rings is 3. The molecule has 3 rings (SSSR count). The second kappa shape index (κ2) is 14.4. The number of anilines is 1. The molecule has 0 saturated carbocycles. The third kappa shape index (κ3) is 7.84. The molecule has 0 aliphatic carbocycles. The number of carbonyl (C=O) groups excluding carboxylic acids is 2. The van der Waals surface area contributed by atoms with Crippen LogP contribution >= 0.6 is 23.2 Å². The van der Waals surface area contributed by atoms with Crippen LogP contribution in [0.15, 0.2) is 71.6 Å². The van der Waals surface area contributed by atoms with Gasteiger partial charge in [-0.3, -0.25) is 13.9 Å². The van der Waals surface area contributed by atoms with Crippen LogP contribution in [-0.2, 0) is 26.2 Å². The molecule has 12 heteroatoms.